The normalized spacial score (nSPS) is 12.3. The molecule has 0 aliphatic rings. The van der Waals surface area contributed by atoms with E-state index in [0.29, 0.717) is 17.4 Å². The summed E-state index contributed by atoms with van der Waals surface area (Å²) < 4.78 is 2.39. The lowest BCUT2D eigenvalue weighted by Crippen LogP contribution is -2.16. The number of rotatable bonds is 6. The summed E-state index contributed by atoms with van der Waals surface area (Å²) in [5.41, 5.74) is 0.821. The van der Waals surface area contributed by atoms with Gasteiger partial charge in [-0.2, -0.15) is 0 Å². The van der Waals surface area contributed by atoms with Gasteiger partial charge >= 0.3 is 5.97 Å². The van der Waals surface area contributed by atoms with Crippen molar-refractivity contribution < 1.29 is 9.90 Å². The van der Waals surface area contributed by atoms with Gasteiger partial charge in [0.25, 0.3) is 0 Å². The summed E-state index contributed by atoms with van der Waals surface area (Å²) in [6, 6.07) is 5.42. The molecule has 1 N–H and O–H groups in total. The van der Waals surface area contributed by atoms with E-state index in [9.17, 15) is 4.79 Å². The highest BCUT2D eigenvalue weighted by atomic mass is 79.9. The van der Waals surface area contributed by atoms with Crippen LogP contribution in [-0.2, 0) is 11.3 Å². The summed E-state index contributed by atoms with van der Waals surface area (Å²) in [5.74, 6) is -0.234. The Morgan fingerprint density at radius 3 is 2.90 bits per heavy atom. The zero-order valence-electron chi connectivity index (χ0n) is 11.3. The van der Waals surface area contributed by atoms with E-state index in [1.54, 1.807) is 10.7 Å². The zero-order valence-corrected chi connectivity index (χ0v) is 13.7. The minimum atomic E-state index is -0.814. The van der Waals surface area contributed by atoms with E-state index < -0.39 is 5.97 Å². The van der Waals surface area contributed by atoms with Crippen LogP contribution in [-0.4, -0.2) is 31.3 Å². The Balaban J connectivity index is 2.25. The second kappa shape index (κ2) is 7.00. The Morgan fingerprint density at radius 1 is 1.52 bits per heavy atom. The van der Waals surface area contributed by atoms with Gasteiger partial charge in [0, 0.05) is 23.0 Å². The largest absolute Gasteiger partial charge is 0.481 e. The first-order chi connectivity index (χ1) is 10.0. The van der Waals surface area contributed by atoms with Crippen molar-refractivity contribution in [2.24, 2.45) is 5.92 Å². The molecule has 0 saturated heterocycles. The molecule has 0 radical (unpaired) electrons. The number of carboxylic acid groups (broad SMARTS) is 1. The SMILES string of the molecule is CCC(CC(=O)O)Cn1nnnc1-c1ccc(Cl)c(Br)c1. The number of benzene rings is 1. The summed E-state index contributed by atoms with van der Waals surface area (Å²) in [4.78, 5) is 10.9. The summed E-state index contributed by atoms with van der Waals surface area (Å²) in [6.07, 6.45) is 0.843. The quantitative estimate of drug-likeness (QED) is 0.840. The summed E-state index contributed by atoms with van der Waals surface area (Å²) in [6.45, 7) is 2.42. The maximum atomic E-state index is 10.9. The molecular weight excluding hydrogens is 360 g/mol. The minimum absolute atomic E-state index is 0.0134. The average molecular weight is 374 g/mol. The average Bonchev–Trinajstić information content (AvgIpc) is 2.88. The first-order valence-corrected chi connectivity index (χ1v) is 7.61. The molecule has 1 unspecified atom stereocenters. The Hall–Kier alpha value is -1.47. The van der Waals surface area contributed by atoms with Crippen LogP contribution < -0.4 is 0 Å². The molecule has 1 heterocycles. The maximum absolute atomic E-state index is 10.9. The van der Waals surface area contributed by atoms with Gasteiger partial charge in [-0.15, -0.1) is 5.10 Å². The third-order valence-electron chi connectivity index (χ3n) is 3.18. The number of hydrogen-bond acceptors (Lipinski definition) is 4. The van der Waals surface area contributed by atoms with E-state index in [-0.39, 0.29) is 12.3 Å². The second-order valence-corrected chi connectivity index (χ2v) is 5.95. The Morgan fingerprint density at radius 2 is 2.29 bits per heavy atom. The molecule has 2 aromatic rings. The number of aliphatic carboxylic acids is 1. The van der Waals surface area contributed by atoms with Gasteiger partial charge in [-0.1, -0.05) is 24.9 Å². The molecule has 2 rings (SSSR count). The van der Waals surface area contributed by atoms with Crippen LogP contribution in [0.4, 0.5) is 0 Å². The number of tetrazole rings is 1. The molecule has 1 aromatic carbocycles. The smallest absolute Gasteiger partial charge is 0.303 e. The molecule has 8 heteroatoms. The van der Waals surface area contributed by atoms with Crippen LogP contribution in [0.2, 0.25) is 5.02 Å². The topological polar surface area (TPSA) is 80.9 Å². The minimum Gasteiger partial charge on any atom is -0.481 e. The molecule has 6 nitrogen and oxygen atoms in total. The second-order valence-electron chi connectivity index (χ2n) is 4.69. The van der Waals surface area contributed by atoms with Crippen LogP contribution in [0.5, 0.6) is 0 Å². The molecule has 1 atom stereocenters. The predicted octanol–water partition coefficient (Wildman–Crippen LogP) is 3.26. The standard InChI is InChI=1S/C13H14BrClN4O2/c1-2-8(5-12(20)21)7-19-13(16-17-18-19)9-3-4-11(15)10(14)6-9/h3-4,6,8H,2,5,7H2,1H3,(H,20,21). The van der Waals surface area contributed by atoms with Gasteiger partial charge in [0.2, 0.25) is 0 Å². The lowest BCUT2D eigenvalue weighted by atomic mass is 10.0. The molecule has 112 valence electrons. The van der Waals surface area contributed by atoms with Crippen LogP contribution in [0.1, 0.15) is 19.8 Å². The lowest BCUT2D eigenvalue weighted by molar-refractivity contribution is -0.138. The van der Waals surface area contributed by atoms with E-state index in [0.717, 1.165) is 16.5 Å². The van der Waals surface area contributed by atoms with Gasteiger partial charge in [-0.05, 0) is 50.5 Å². The zero-order chi connectivity index (χ0) is 15.4. The van der Waals surface area contributed by atoms with Crippen molar-refractivity contribution in [2.75, 3.05) is 0 Å². The van der Waals surface area contributed by atoms with Crippen LogP contribution in [0.3, 0.4) is 0 Å². The predicted molar refractivity (Wildman–Crippen MR) is 82.0 cm³/mol. The Labute approximate surface area is 135 Å². The third-order valence-corrected chi connectivity index (χ3v) is 4.40. The third kappa shape index (κ3) is 4.01. The van der Waals surface area contributed by atoms with Crippen LogP contribution in [0.25, 0.3) is 11.4 Å². The Kier molecular flexibility index (Phi) is 5.30. The van der Waals surface area contributed by atoms with Gasteiger partial charge in [-0.3, -0.25) is 4.79 Å². The highest BCUT2D eigenvalue weighted by Gasteiger charge is 2.17. The van der Waals surface area contributed by atoms with Crippen molar-refractivity contribution in [1.82, 2.24) is 20.2 Å². The highest BCUT2D eigenvalue weighted by Crippen LogP contribution is 2.28. The summed E-state index contributed by atoms with van der Waals surface area (Å²) in [7, 11) is 0. The number of carbonyl (C=O) groups is 1. The molecule has 0 fully saturated rings. The molecule has 21 heavy (non-hydrogen) atoms. The number of nitrogens with zero attached hydrogens (tertiary/aromatic N) is 4. The molecule has 0 spiro atoms. The van der Waals surface area contributed by atoms with Gasteiger partial charge in [0.1, 0.15) is 0 Å². The van der Waals surface area contributed by atoms with E-state index >= 15 is 0 Å². The van der Waals surface area contributed by atoms with Crippen molar-refractivity contribution in [3.8, 4) is 11.4 Å². The lowest BCUT2D eigenvalue weighted by Gasteiger charge is -2.13. The summed E-state index contributed by atoms with van der Waals surface area (Å²) >= 11 is 9.34. The van der Waals surface area contributed by atoms with Crippen molar-refractivity contribution in [1.29, 1.82) is 0 Å². The van der Waals surface area contributed by atoms with Gasteiger partial charge in [0.05, 0.1) is 5.02 Å². The van der Waals surface area contributed by atoms with Crippen molar-refractivity contribution in [3.63, 3.8) is 0 Å². The molecule has 0 aliphatic carbocycles. The molecule has 0 bridgehead atoms. The maximum Gasteiger partial charge on any atom is 0.303 e. The monoisotopic (exact) mass is 372 g/mol. The summed E-state index contributed by atoms with van der Waals surface area (Å²) in [5, 5.41) is 21.2. The fourth-order valence-electron chi connectivity index (χ4n) is 2.00. The first-order valence-electron chi connectivity index (χ1n) is 6.44. The van der Waals surface area contributed by atoms with Crippen LogP contribution in [0, 0.1) is 5.92 Å². The van der Waals surface area contributed by atoms with E-state index in [2.05, 4.69) is 31.5 Å². The number of halogens is 2. The van der Waals surface area contributed by atoms with Crippen LogP contribution >= 0.6 is 27.5 Å². The van der Waals surface area contributed by atoms with Crippen molar-refractivity contribution in [3.05, 3.63) is 27.7 Å². The highest BCUT2D eigenvalue weighted by molar-refractivity contribution is 9.10. The number of aromatic nitrogens is 4. The number of hydrogen-bond donors (Lipinski definition) is 1. The van der Waals surface area contributed by atoms with E-state index in [4.69, 9.17) is 16.7 Å². The molecule has 0 saturated carbocycles. The van der Waals surface area contributed by atoms with Crippen molar-refractivity contribution >= 4 is 33.5 Å². The van der Waals surface area contributed by atoms with Crippen LogP contribution in [0.15, 0.2) is 22.7 Å². The molecule has 0 aliphatic heterocycles. The molecule has 1 aromatic heterocycles. The van der Waals surface area contributed by atoms with Gasteiger partial charge in [0.15, 0.2) is 5.82 Å². The number of carboxylic acids is 1. The van der Waals surface area contributed by atoms with E-state index in [1.165, 1.54) is 0 Å². The first kappa shape index (κ1) is 15.9. The van der Waals surface area contributed by atoms with Crippen molar-refractivity contribution in [2.45, 2.75) is 26.3 Å². The fraction of sp³-hybridized carbons (Fsp3) is 0.385. The molecular formula is C13H14BrClN4O2. The Bertz CT molecular complexity index is 647. The van der Waals surface area contributed by atoms with Gasteiger partial charge in [-0.25, -0.2) is 4.68 Å². The van der Waals surface area contributed by atoms with E-state index in [1.807, 2.05) is 19.1 Å². The fourth-order valence-corrected chi connectivity index (χ4v) is 2.50. The molecule has 0 amide bonds. The van der Waals surface area contributed by atoms with Gasteiger partial charge < -0.3 is 5.11 Å².